The second-order valence-electron chi connectivity index (χ2n) is 5.86. The minimum absolute atomic E-state index is 0.0252. The van der Waals surface area contributed by atoms with Crippen molar-refractivity contribution < 1.29 is 14.5 Å². The Morgan fingerprint density at radius 3 is 2.75 bits per heavy atom. The lowest BCUT2D eigenvalue weighted by atomic mass is 10.1. The third kappa shape index (κ3) is 4.42. The molecule has 0 aromatic heterocycles. The van der Waals surface area contributed by atoms with Crippen molar-refractivity contribution in [2.45, 2.75) is 0 Å². The molecule has 3 aromatic carbocycles. The number of hydrogen-bond donors (Lipinski definition) is 2. The molecule has 28 heavy (non-hydrogen) atoms. The van der Waals surface area contributed by atoms with Crippen LogP contribution < -0.4 is 15.5 Å². The van der Waals surface area contributed by atoms with Gasteiger partial charge in [0, 0.05) is 28.8 Å². The maximum absolute atomic E-state index is 12.0. The van der Waals surface area contributed by atoms with Crippen molar-refractivity contribution in [1.82, 2.24) is 5.43 Å². The highest BCUT2D eigenvalue weighted by atomic mass is 16.6. The van der Waals surface area contributed by atoms with E-state index in [9.17, 15) is 14.9 Å². The number of benzene rings is 3. The van der Waals surface area contributed by atoms with Gasteiger partial charge in [0.1, 0.15) is 5.75 Å². The number of ether oxygens (including phenoxy) is 1. The molecule has 0 unspecified atom stereocenters. The van der Waals surface area contributed by atoms with E-state index in [1.54, 1.807) is 0 Å². The Labute approximate surface area is 161 Å². The molecule has 0 saturated heterocycles. The van der Waals surface area contributed by atoms with Gasteiger partial charge >= 0.3 is 0 Å². The number of nitro groups is 1. The fourth-order valence-electron chi connectivity index (χ4n) is 2.70. The van der Waals surface area contributed by atoms with Crippen LogP contribution in [0.2, 0.25) is 0 Å². The van der Waals surface area contributed by atoms with Crippen molar-refractivity contribution in [2.75, 3.05) is 19.0 Å². The third-order valence-electron chi connectivity index (χ3n) is 4.05. The summed E-state index contributed by atoms with van der Waals surface area (Å²) < 4.78 is 5.14. The standard InChI is InChI=1S/C20H18N4O4/c1-28-19-10-9-16(24(26)27)11-15(19)12-22-23-20(25)13-21-18-8-4-6-14-5-2-3-7-17(14)18/h2-12,21H,13H2,1H3,(H,23,25)/b22-12+. The number of nitro benzene ring substituents is 1. The zero-order chi connectivity index (χ0) is 19.9. The van der Waals surface area contributed by atoms with Gasteiger partial charge in [0.15, 0.2) is 0 Å². The van der Waals surface area contributed by atoms with Crippen molar-refractivity contribution in [3.63, 3.8) is 0 Å². The molecule has 0 radical (unpaired) electrons. The minimum atomic E-state index is -0.510. The number of methoxy groups -OCH3 is 1. The Hall–Kier alpha value is -3.94. The van der Waals surface area contributed by atoms with Crippen LogP contribution in [0, 0.1) is 10.1 Å². The van der Waals surface area contributed by atoms with Gasteiger partial charge in [-0.25, -0.2) is 5.43 Å². The van der Waals surface area contributed by atoms with Crippen LogP contribution in [-0.2, 0) is 4.79 Å². The normalized spacial score (nSPS) is 10.8. The summed E-state index contributed by atoms with van der Waals surface area (Å²) in [5.74, 6) is 0.0612. The highest BCUT2D eigenvalue weighted by Crippen LogP contribution is 2.23. The van der Waals surface area contributed by atoms with Crippen LogP contribution in [0.1, 0.15) is 5.56 Å². The van der Waals surface area contributed by atoms with Crippen molar-refractivity contribution in [2.24, 2.45) is 5.10 Å². The molecular formula is C20H18N4O4. The van der Waals surface area contributed by atoms with Gasteiger partial charge in [0.25, 0.3) is 11.6 Å². The van der Waals surface area contributed by atoms with Crippen LogP contribution in [0.15, 0.2) is 65.8 Å². The Morgan fingerprint density at radius 1 is 1.18 bits per heavy atom. The molecule has 0 saturated carbocycles. The fraction of sp³-hybridized carbons (Fsp3) is 0.100. The fourth-order valence-corrected chi connectivity index (χ4v) is 2.70. The van der Waals surface area contributed by atoms with Gasteiger partial charge < -0.3 is 10.1 Å². The van der Waals surface area contributed by atoms with Crippen LogP contribution >= 0.6 is 0 Å². The molecule has 0 spiro atoms. The highest BCUT2D eigenvalue weighted by Gasteiger charge is 2.10. The first kappa shape index (κ1) is 18.8. The molecule has 3 rings (SSSR count). The van der Waals surface area contributed by atoms with E-state index in [-0.39, 0.29) is 18.1 Å². The zero-order valence-electron chi connectivity index (χ0n) is 15.1. The summed E-state index contributed by atoms with van der Waals surface area (Å²) in [6.07, 6.45) is 1.31. The number of carbonyl (C=O) groups excluding carboxylic acids is 1. The van der Waals surface area contributed by atoms with E-state index in [0.717, 1.165) is 16.5 Å². The third-order valence-corrected chi connectivity index (χ3v) is 4.05. The lowest BCUT2D eigenvalue weighted by Crippen LogP contribution is -2.26. The number of nitrogens with one attached hydrogen (secondary N) is 2. The van der Waals surface area contributed by atoms with Crippen molar-refractivity contribution in [3.8, 4) is 5.75 Å². The SMILES string of the molecule is COc1ccc([N+](=O)[O-])cc1/C=N/NC(=O)CNc1cccc2ccccc12. The minimum Gasteiger partial charge on any atom is -0.496 e. The molecule has 0 aliphatic heterocycles. The summed E-state index contributed by atoms with van der Waals surface area (Å²) in [6, 6.07) is 17.8. The zero-order valence-corrected chi connectivity index (χ0v) is 15.1. The topological polar surface area (TPSA) is 106 Å². The molecule has 0 aliphatic rings. The largest absolute Gasteiger partial charge is 0.496 e. The number of rotatable bonds is 7. The second-order valence-corrected chi connectivity index (χ2v) is 5.86. The van der Waals surface area contributed by atoms with Gasteiger partial charge in [-0.1, -0.05) is 36.4 Å². The van der Waals surface area contributed by atoms with Crippen molar-refractivity contribution in [1.29, 1.82) is 0 Å². The first-order chi connectivity index (χ1) is 13.6. The van der Waals surface area contributed by atoms with Gasteiger partial charge in [0.05, 0.1) is 24.8 Å². The summed E-state index contributed by atoms with van der Waals surface area (Å²) in [5, 5.41) is 19.9. The Balaban J connectivity index is 1.63. The predicted octanol–water partition coefficient (Wildman–Crippen LogP) is 3.32. The summed E-state index contributed by atoms with van der Waals surface area (Å²) in [4.78, 5) is 22.4. The molecule has 3 aromatic rings. The predicted molar refractivity (Wildman–Crippen MR) is 108 cm³/mol. The summed E-state index contributed by atoms with van der Waals surface area (Å²) >= 11 is 0. The first-order valence-corrected chi connectivity index (χ1v) is 8.44. The van der Waals surface area contributed by atoms with Gasteiger partial charge in [0.2, 0.25) is 0 Å². The van der Waals surface area contributed by atoms with E-state index < -0.39 is 4.92 Å². The summed E-state index contributed by atoms with van der Waals surface area (Å²) in [6.45, 7) is 0.0252. The van der Waals surface area contributed by atoms with Gasteiger partial charge in [-0.3, -0.25) is 14.9 Å². The van der Waals surface area contributed by atoms with Crippen LogP contribution in [0.4, 0.5) is 11.4 Å². The number of hydrogen-bond acceptors (Lipinski definition) is 6. The van der Waals surface area contributed by atoms with Crippen LogP contribution in [0.3, 0.4) is 0 Å². The molecular weight excluding hydrogens is 360 g/mol. The molecule has 8 nitrogen and oxygen atoms in total. The van der Waals surface area contributed by atoms with Crippen molar-refractivity contribution in [3.05, 3.63) is 76.3 Å². The van der Waals surface area contributed by atoms with E-state index >= 15 is 0 Å². The molecule has 8 heteroatoms. The number of hydrazone groups is 1. The quantitative estimate of drug-likeness (QED) is 0.373. The van der Waals surface area contributed by atoms with E-state index in [1.165, 1.54) is 31.5 Å². The number of nitrogens with zero attached hydrogens (tertiary/aromatic N) is 2. The first-order valence-electron chi connectivity index (χ1n) is 8.44. The monoisotopic (exact) mass is 378 g/mol. The number of anilines is 1. The molecule has 2 N–H and O–H groups in total. The maximum atomic E-state index is 12.0. The van der Waals surface area contributed by atoms with E-state index in [0.29, 0.717) is 11.3 Å². The number of carbonyl (C=O) groups is 1. The molecule has 0 atom stereocenters. The van der Waals surface area contributed by atoms with E-state index in [2.05, 4.69) is 15.8 Å². The summed E-state index contributed by atoms with van der Waals surface area (Å²) in [5.41, 5.74) is 3.53. The van der Waals surface area contributed by atoms with Crippen LogP contribution in [0.25, 0.3) is 10.8 Å². The number of non-ortho nitro benzene ring substituents is 1. The maximum Gasteiger partial charge on any atom is 0.270 e. The van der Waals surface area contributed by atoms with Gasteiger partial charge in [-0.15, -0.1) is 0 Å². The lowest BCUT2D eigenvalue weighted by molar-refractivity contribution is -0.384. The molecule has 142 valence electrons. The van der Waals surface area contributed by atoms with Gasteiger partial charge in [-0.2, -0.15) is 5.10 Å². The van der Waals surface area contributed by atoms with E-state index in [1.807, 2.05) is 42.5 Å². The Kier molecular flexibility index (Phi) is 5.81. The Morgan fingerprint density at radius 2 is 1.96 bits per heavy atom. The average molecular weight is 378 g/mol. The average Bonchev–Trinajstić information content (AvgIpc) is 2.72. The van der Waals surface area contributed by atoms with Crippen LogP contribution in [-0.4, -0.2) is 30.7 Å². The number of amides is 1. The molecule has 0 heterocycles. The highest BCUT2D eigenvalue weighted by molar-refractivity contribution is 5.95. The smallest absolute Gasteiger partial charge is 0.270 e. The Bertz CT molecular complexity index is 1040. The van der Waals surface area contributed by atoms with Gasteiger partial charge in [-0.05, 0) is 17.5 Å². The summed E-state index contributed by atoms with van der Waals surface area (Å²) in [7, 11) is 1.45. The molecule has 1 amide bonds. The second kappa shape index (κ2) is 8.63. The van der Waals surface area contributed by atoms with Crippen molar-refractivity contribution >= 4 is 34.3 Å². The molecule has 0 fully saturated rings. The van der Waals surface area contributed by atoms with Crippen LogP contribution in [0.5, 0.6) is 5.75 Å². The number of fused-ring (bicyclic) bond motifs is 1. The lowest BCUT2D eigenvalue weighted by Gasteiger charge is -2.09. The van der Waals surface area contributed by atoms with E-state index in [4.69, 9.17) is 4.74 Å². The molecule has 0 aliphatic carbocycles. The molecule has 0 bridgehead atoms.